The Morgan fingerprint density at radius 1 is 1.12 bits per heavy atom. The Labute approximate surface area is 203 Å². The van der Waals surface area contributed by atoms with E-state index in [1.54, 1.807) is 18.3 Å². The predicted octanol–water partition coefficient (Wildman–Crippen LogP) is 6.57. The summed E-state index contributed by atoms with van der Waals surface area (Å²) < 4.78 is 28.6. The van der Waals surface area contributed by atoms with Gasteiger partial charge in [-0.15, -0.1) is 11.3 Å². The number of amides is 1. The summed E-state index contributed by atoms with van der Waals surface area (Å²) in [6, 6.07) is 7.43. The van der Waals surface area contributed by atoms with Gasteiger partial charge in [-0.1, -0.05) is 40.7 Å². The van der Waals surface area contributed by atoms with Crippen LogP contribution in [0.2, 0.25) is 0 Å². The molecule has 34 heavy (non-hydrogen) atoms. The number of carbonyl (C=O) groups is 2. The molecule has 1 amide bonds. The highest BCUT2D eigenvalue weighted by molar-refractivity contribution is 7.12. The molecule has 2 heterocycles. The summed E-state index contributed by atoms with van der Waals surface area (Å²) in [4.78, 5) is 28.9. The first-order chi connectivity index (χ1) is 15.8. The lowest BCUT2D eigenvalue weighted by atomic mass is 9.69. The number of hydrogen-bond acceptors (Lipinski definition) is 4. The lowest BCUT2D eigenvalue weighted by molar-refractivity contribution is -0.118. The number of halogens is 2. The Kier molecular flexibility index (Phi) is 6.05. The van der Waals surface area contributed by atoms with Crippen molar-refractivity contribution >= 4 is 28.7 Å². The van der Waals surface area contributed by atoms with Gasteiger partial charge in [-0.25, -0.2) is 8.78 Å². The average Bonchev–Trinajstić information content (AvgIpc) is 3.19. The second kappa shape index (κ2) is 8.45. The molecule has 1 aliphatic heterocycles. The number of rotatable bonds is 3. The van der Waals surface area contributed by atoms with Crippen LogP contribution in [0.3, 0.4) is 0 Å². The fraction of sp³-hybridized carbons (Fsp3) is 0.407. The quantitative estimate of drug-likeness (QED) is 0.518. The standard InChI is InChI=1S/C27H30F2N2O2S/c1-14-21(25(33)31-24-15(28)8-7-9-16(24)29)23(19-10-11-20(34-19)26(2,3)4)22-17(30-14)12-27(5,6)13-18(22)32/h7-11,23,30H,12-13H2,1-6H3,(H,31,33). The van der Waals surface area contributed by atoms with Crippen molar-refractivity contribution in [3.05, 3.63) is 74.3 Å². The molecule has 0 bridgehead atoms. The maximum absolute atomic E-state index is 14.3. The zero-order valence-electron chi connectivity index (χ0n) is 20.4. The molecule has 0 spiro atoms. The number of benzene rings is 1. The van der Waals surface area contributed by atoms with Crippen molar-refractivity contribution in [3.63, 3.8) is 0 Å². The summed E-state index contributed by atoms with van der Waals surface area (Å²) >= 11 is 1.56. The largest absolute Gasteiger partial charge is 0.362 e. The molecule has 1 unspecified atom stereocenters. The molecule has 180 valence electrons. The Morgan fingerprint density at radius 3 is 2.35 bits per heavy atom. The molecule has 1 aromatic heterocycles. The van der Waals surface area contributed by atoms with Crippen LogP contribution in [0.15, 0.2) is 52.9 Å². The van der Waals surface area contributed by atoms with Gasteiger partial charge in [-0.05, 0) is 48.4 Å². The highest BCUT2D eigenvalue weighted by Crippen LogP contribution is 2.48. The topological polar surface area (TPSA) is 58.2 Å². The molecule has 7 heteroatoms. The third kappa shape index (κ3) is 4.45. The molecular weight excluding hydrogens is 454 g/mol. The second-order valence-corrected chi connectivity index (χ2v) is 12.0. The van der Waals surface area contributed by atoms with Crippen molar-refractivity contribution in [1.82, 2.24) is 5.32 Å². The summed E-state index contributed by atoms with van der Waals surface area (Å²) in [5.74, 6) is -2.95. The smallest absolute Gasteiger partial charge is 0.254 e. The van der Waals surface area contributed by atoms with Crippen LogP contribution in [0.1, 0.15) is 70.1 Å². The molecule has 0 fully saturated rings. The fourth-order valence-corrected chi connectivity index (χ4v) is 5.92. The molecule has 1 aromatic carbocycles. The van der Waals surface area contributed by atoms with Crippen LogP contribution in [-0.2, 0) is 15.0 Å². The molecule has 2 aromatic rings. The van der Waals surface area contributed by atoms with E-state index < -0.39 is 29.1 Å². The summed E-state index contributed by atoms with van der Waals surface area (Å²) in [5, 5.41) is 5.71. The second-order valence-electron chi connectivity index (χ2n) is 10.9. The number of thiophene rings is 1. The molecule has 4 rings (SSSR count). The molecule has 4 nitrogen and oxygen atoms in total. The van der Waals surface area contributed by atoms with Crippen LogP contribution in [0.25, 0.3) is 0 Å². The van der Waals surface area contributed by atoms with E-state index in [2.05, 4.69) is 45.3 Å². The summed E-state index contributed by atoms with van der Waals surface area (Å²) in [6.07, 6.45) is 1.05. The summed E-state index contributed by atoms with van der Waals surface area (Å²) in [6.45, 7) is 12.2. The van der Waals surface area contributed by atoms with Crippen molar-refractivity contribution in [2.45, 2.75) is 65.7 Å². The first-order valence-corrected chi connectivity index (χ1v) is 12.2. The van der Waals surface area contributed by atoms with E-state index >= 15 is 0 Å². The van der Waals surface area contributed by atoms with Crippen molar-refractivity contribution < 1.29 is 18.4 Å². The van der Waals surface area contributed by atoms with E-state index in [9.17, 15) is 18.4 Å². The molecular formula is C27H30F2N2O2S. The van der Waals surface area contributed by atoms with Gasteiger partial charge in [-0.2, -0.15) is 0 Å². The normalized spacial score (nSPS) is 20.2. The van der Waals surface area contributed by atoms with Gasteiger partial charge in [0.2, 0.25) is 0 Å². The van der Waals surface area contributed by atoms with E-state index in [0.717, 1.165) is 27.6 Å². The van der Waals surface area contributed by atoms with Gasteiger partial charge < -0.3 is 10.6 Å². The van der Waals surface area contributed by atoms with Gasteiger partial charge in [0.25, 0.3) is 5.91 Å². The van der Waals surface area contributed by atoms with Gasteiger partial charge in [0.05, 0.1) is 5.92 Å². The van der Waals surface area contributed by atoms with Crippen LogP contribution in [0.5, 0.6) is 0 Å². The highest BCUT2D eigenvalue weighted by atomic mass is 32.1. The number of hydrogen-bond donors (Lipinski definition) is 2. The zero-order valence-corrected chi connectivity index (χ0v) is 21.2. The molecule has 0 saturated heterocycles. The van der Waals surface area contributed by atoms with Crippen LogP contribution in [-0.4, -0.2) is 11.7 Å². The van der Waals surface area contributed by atoms with Crippen molar-refractivity contribution in [2.75, 3.05) is 5.32 Å². The number of carbonyl (C=O) groups excluding carboxylic acids is 2. The Balaban J connectivity index is 1.84. The first kappa shape index (κ1) is 24.3. The molecule has 1 atom stereocenters. The van der Waals surface area contributed by atoms with E-state index in [-0.39, 0.29) is 16.6 Å². The number of ketones is 1. The molecule has 1 aliphatic carbocycles. The first-order valence-electron chi connectivity index (χ1n) is 11.4. The van der Waals surface area contributed by atoms with Gasteiger partial charge in [0.1, 0.15) is 17.3 Å². The molecule has 0 saturated carbocycles. The maximum Gasteiger partial charge on any atom is 0.254 e. The lowest BCUT2D eigenvalue weighted by Gasteiger charge is -2.39. The lowest BCUT2D eigenvalue weighted by Crippen LogP contribution is -2.39. The number of anilines is 1. The van der Waals surface area contributed by atoms with E-state index in [0.29, 0.717) is 29.7 Å². The number of Topliss-reactive ketones (excluding diaryl/α,β-unsaturated/α-hetero) is 1. The van der Waals surface area contributed by atoms with Crippen LogP contribution in [0.4, 0.5) is 14.5 Å². The Bertz CT molecular complexity index is 1230. The predicted molar refractivity (Wildman–Crippen MR) is 132 cm³/mol. The Hall–Kier alpha value is -2.80. The molecule has 0 radical (unpaired) electrons. The van der Waals surface area contributed by atoms with Crippen molar-refractivity contribution in [3.8, 4) is 0 Å². The van der Waals surface area contributed by atoms with Crippen LogP contribution < -0.4 is 10.6 Å². The Morgan fingerprint density at radius 2 is 1.76 bits per heavy atom. The summed E-state index contributed by atoms with van der Waals surface area (Å²) in [7, 11) is 0. The minimum absolute atomic E-state index is 0.00988. The SMILES string of the molecule is CC1=C(C(=O)Nc2c(F)cccc2F)C(c2ccc(C(C)(C)C)s2)C2=C(CC(C)(C)CC2=O)N1. The monoisotopic (exact) mass is 484 g/mol. The van der Waals surface area contributed by atoms with Crippen LogP contribution in [0, 0.1) is 17.0 Å². The van der Waals surface area contributed by atoms with Crippen LogP contribution >= 0.6 is 11.3 Å². The number of allylic oxidation sites excluding steroid dienone is 3. The minimum Gasteiger partial charge on any atom is -0.362 e. The minimum atomic E-state index is -0.853. The summed E-state index contributed by atoms with van der Waals surface area (Å²) in [5.41, 5.74) is 1.49. The third-order valence-corrected chi connectivity index (χ3v) is 7.91. The average molecular weight is 485 g/mol. The zero-order chi connectivity index (χ0) is 25.0. The third-order valence-electron chi connectivity index (χ3n) is 6.34. The van der Waals surface area contributed by atoms with Gasteiger partial charge >= 0.3 is 0 Å². The number of dihydropyridines is 1. The molecule has 2 aliphatic rings. The van der Waals surface area contributed by atoms with Gasteiger partial charge in [0, 0.05) is 38.7 Å². The maximum atomic E-state index is 14.3. The molecule has 2 N–H and O–H groups in total. The number of para-hydroxylation sites is 1. The van der Waals surface area contributed by atoms with Gasteiger partial charge in [0.15, 0.2) is 5.78 Å². The van der Waals surface area contributed by atoms with Crippen molar-refractivity contribution in [1.29, 1.82) is 0 Å². The van der Waals surface area contributed by atoms with Gasteiger partial charge in [-0.3, -0.25) is 9.59 Å². The van der Waals surface area contributed by atoms with Crippen molar-refractivity contribution in [2.24, 2.45) is 5.41 Å². The fourth-order valence-electron chi connectivity index (χ4n) is 4.73. The number of nitrogens with one attached hydrogen (secondary N) is 2. The van der Waals surface area contributed by atoms with E-state index in [1.807, 2.05) is 12.1 Å². The highest BCUT2D eigenvalue weighted by Gasteiger charge is 2.43. The van der Waals surface area contributed by atoms with E-state index in [1.165, 1.54) is 6.07 Å². The van der Waals surface area contributed by atoms with E-state index in [4.69, 9.17) is 0 Å².